The van der Waals surface area contributed by atoms with Crippen molar-refractivity contribution < 1.29 is 42.2 Å². The van der Waals surface area contributed by atoms with Crippen LogP contribution in [-0.2, 0) is 42.2 Å². The third kappa shape index (κ3) is 3.93. The van der Waals surface area contributed by atoms with Crippen molar-refractivity contribution in [2.24, 2.45) is 0 Å². The minimum atomic E-state index is -0.174. The van der Waals surface area contributed by atoms with Crippen LogP contribution in [-0.4, -0.2) is 12.1 Å². The Kier molecular flexibility index (Phi) is 7.08. The number of carbonyl (C=O) groups is 1. The average Bonchev–Trinajstić information content (AvgIpc) is 1.87. The molecule has 51 valence electrons. The molecular weight excluding hydrogens is 193 g/mol. The molecule has 0 saturated carbocycles. The van der Waals surface area contributed by atoms with Crippen LogP contribution < -0.4 is 0 Å². The van der Waals surface area contributed by atoms with Crippen molar-refractivity contribution in [3.05, 3.63) is 13.8 Å². The normalized spacial score (nSPS) is 22.8. The Balaban J connectivity index is 0. The Morgan fingerprint density at radius 2 is 2.33 bits per heavy atom. The van der Waals surface area contributed by atoms with E-state index in [0.29, 0.717) is 0 Å². The molecule has 0 aliphatic carbocycles. The number of carbonyl (C=O) groups excluding carboxylic acids is 1. The van der Waals surface area contributed by atoms with Gasteiger partial charge in [0.15, 0.2) is 5.97 Å². The first-order valence-corrected chi connectivity index (χ1v) is 2.33. The van der Waals surface area contributed by atoms with E-state index in [-0.39, 0.29) is 52.2 Å². The first kappa shape index (κ1) is 12.2. The van der Waals surface area contributed by atoms with Crippen LogP contribution in [0.4, 0.5) is 0 Å². The van der Waals surface area contributed by atoms with E-state index >= 15 is 0 Å². The molecule has 0 N–H and O–H groups in total. The van der Waals surface area contributed by atoms with E-state index in [1.807, 2.05) is 6.92 Å². The molecule has 1 radical (unpaired) electrons. The van der Waals surface area contributed by atoms with Crippen molar-refractivity contribution in [1.29, 1.82) is 0 Å². The Bertz CT molecular complexity index is 93.1. The van der Waals surface area contributed by atoms with Crippen molar-refractivity contribution in [2.75, 3.05) is 0 Å². The fourth-order valence-electron chi connectivity index (χ4n) is 0.557. The van der Waals surface area contributed by atoms with Gasteiger partial charge in [-0.05, 0) is 6.92 Å². The van der Waals surface area contributed by atoms with Crippen LogP contribution >= 0.6 is 0 Å². The van der Waals surface area contributed by atoms with Crippen LogP contribution in [0.5, 0.6) is 0 Å². The number of rotatable bonds is 0. The molecule has 0 bridgehead atoms. The maximum atomic E-state index is 10.2. The molecule has 1 unspecified atom stereocenters. The molecule has 1 aliphatic heterocycles. The fourth-order valence-corrected chi connectivity index (χ4v) is 0.557. The summed E-state index contributed by atoms with van der Waals surface area (Å²) in [7, 11) is 0. The van der Waals surface area contributed by atoms with Crippen LogP contribution in [0.15, 0.2) is 0 Å². The SMILES string of the molecule is CC1C[CH-]C(=O)O1.[CH3-].[Y]. The largest absolute Gasteiger partial charge is 0.488 e. The van der Waals surface area contributed by atoms with Crippen molar-refractivity contribution in [1.82, 2.24) is 0 Å². The summed E-state index contributed by atoms with van der Waals surface area (Å²) in [5.74, 6) is -0.174. The third-order valence-corrected chi connectivity index (χ3v) is 0.934. The topological polar surface area (TPSA) is 26.3 Å². The molecule has 0 amide bonds. The minimum absolute atomic E-state index is 0. The van der Waals surface area contributed by atoms with E-state index in [2.05, 4.69) is 4.74 Å². The van der Waals surface area contributed by atoms with Gasteiger partial charge in [0.2, 0.25) is 0 Å². The number of esters is 1. The fraction of sp³-hybridized carbons (Fsp3) is 0.500. The second-order valence-electron chi connectivity index (χ2n) is 1.69. The first-order chi connectivity index (χ1) is 3.29. The summed E-state index contributed by atoms with van der Waals surface area (Å²) in [6.07, 6.45) is 2.45. The molecule has 1 heterocycles. The van der Waals surface area contributed by atoms with E-state index in [1.165, 1.54) is 0 Å². The zero-order valence-corrected chi connectivity index (χ0v) is 8.59. The van der Waals surface area contributed by atoms with Crippen LogP contribution in [0.25, 0.3) is 0 Å². The second-order valence-corrected chi connectivity index (χ2v) is 1.69. The van der Waals surface area contributed by atoms with Gasteiger partial charge in [0.05, 0.1) is 6.10 Å². The summed E-state index contributed by atoms with van der Waals surface area (Å²) < 4.78 is 4.67. The van der Waals surface area contributed by atoms with Crippen molar-refractivity contribution in [2.45, 2.75) is 19.4 Å². The smallest absolute Gasteiger partial charge is 0.167 e. The molecule has 0 spiro atoms. The van der Waals surface area contributed by atoms with Crippen molar-refractivity contribution >= 4 is 5.97 Å². The summed E-state index contributed by atoms with van der Waals surface area (Å²) in [6, 6.07) is 0. The molecule has 1 atom stereocenters. The molecule has 1 saturated heterocycles. The maximum absolute atomic E-state index is 10.2. The Morgan fingerprint density at radius 3 is 2.44 bits per heavy atom. The summed E-state index contributed by atoms with van der Waals surface area (Å²) >= 11 is 0. The number of hydrogen-bond donors (Lipinski definition) is 0. The molecule has 9 heavy (non-hydrogen) atoms. The molecule has 0 aromatic carbocycles. The van der Waals surface area contributed by atoms with Gasteiger partial charge in [-0.1, -0.05) is 0 Å². The van der Waals surface area contributed by atoms with Gasteiger partial charge in [-0.2, -0.15) is 0 Å². The summed E-state index contributed by atoms with van der Waals surface area (Å²) in [5, 5.41) is 0. The third-order valence-electron chi connectivity index (χ3n) is 0.934. The Hall–Kier alpha value is 0.444. The van der Waals surface area contributed by atoms with Gasteiger partial charge in [-0.3, -0.25) is 11.2 Å². The number of ether oxygens (including phenoxy) is 1. The van der Waals surface area contributed by atoms with Crippen LogP contribution in [0.2, 0.25) is 0 Å². The quantitative estimate of drug-likeness (QED) is 0.433. The van der Waals surface area contributed by atoms with Crippen molar-refractivity contribution in [3.63, 3.8) is 0 Å². The summed E-state index contributed by atoms with van der Waals surface area (Å²) in [5.41, 5.74) is 0. The van der Waals surface area contributed by atoms with E-state index < -0.39 is 0 Å². The predicted molar refractivity (Wildman–Crippen MR) is 30.9 cm³/mol. The van der Waals surface area contributed by atoms with Gasteiger partial charge in [0.1, 0.15) is 0 Å². The zero-order valence-electron chi connectivity index (χ0n) is 5.76. The number of hydrogen-bond acceptors (Lipinski definition) is 2. The first-order valence-electron chi connectivity index (χ1n) is 2.33. The monoisotopic (exact) mass is 203 g/mol. The van der Waals surface area contributed by atoms with E-state index in [9.17, 15) is 4.79 Å². The van der Waals surface area contributed by atoms with Crippen LogP contribution in [0, 0.1) is 13.8 Å². The Labute approximate surface area is 81.2 Å². The standard InChI is InChI=1S/C5H7O2.CH3.Y/c1-4-2-3-5(6)7-4;;/h3-4H,2H2,1H3;1H3;/q2*-1;. The van der Waals surface area contributed by atoms with Gasteiger partial charge >= 0.3 is 0 Å². The van der Waals surface area contributed by atoms with Gasteiger partial charge in [0, 0.05) is 32.7 Å². The second kappa shape index (κ2) is 5.25. The molecule has 0 aromatic heterocycles. The maximum Gasteiger partial charge on any atom is 0.167 e. The van der Waals surface area contributed by atoms with Gasteiger partial charge in [-0.15, -0.1) is 6.42 Å². The molecular formula is C6H10O2Y-2. The van der Waals surface area contributed by atoms with Gasteiger partial charge in [0.25, 0.3) is 0 Å². The van der Waals surface area contributed by atoms with Gasteiger partial charge in [-0.25, -0.2) is 0 Å². The summed E-state index contributed by atoms with van der Waals surface area (Å²) in [4.78, 5) is 10.2. The van der Waals surface area contributed by atoms with E-state index in [1.54, 1.807) is 6.42 Å². The zero-order chi connectivity index (χ0) is 5.28. The van der Waals surface area contributed by atoms with Gasteiger partial charge < -0.3 is 12.2 Å². The molecule has 1 fully saturated rings. The Morgan fingerprint density at radius 1 is 1.78 bits per heavy atom. The van der Waals surface area contributed by atoms with Crippen molar-refractivity contribution in [3.8, 4) is 0 Å². The molecule has 0 aromatic rings. The van der Waals surface area contributed by atoms with E-state index in [0.717, 1.165) is 6.42 Å². The predicted octanol–water partition coefficient (Wildman–Crippen LogP) is 0.974. The average molecular weight is 203 g/mol. The molecule has 3 heteroatoms. The molecule has 2 nitrogen and oxygen atoms in total. The summed E-state index contributed by atoms with van der Waals surface area (Å²) in [6.45, 7) is 1.88. The van der Waals surface area contributed by atoms with Crippen LogP contribution in [0.1, 0.15) is 13.3 Å². The molecule has 1 aliphatic rings. The number of cyclic esters (lactones) is 1. The van der Waals surface area contributed by atoms with Crippen LogP contribution in [0.3, 0.4) is 0 Å². The molecule has 1 rings (SSSR count). The van der Waals surface area contributed by atoms with E-state index in [4.69, 9.17) is 0 Å². The minimum Gasteiger partial charge on any atom is -0.488 e.